The van der Waals surface area contributed by atoms with Crippen molar-refractivity contribution in [3.8, 4) is 0 Å². The van der Waals surface area contributed by atoms with Gasteiger partial charge < -0.3 is 19.4 Å². The second-order valence-corrected chi connectivity index (χ2v) is 8.65. The minimum atomic E-state index is -1.34. The molecule has 0 aliphatic carbocycles. The number of esters is 1. The normalized spacial score (nSPS) is 11.5. The van der Waals surface area contributed by atoms with E-state index < -0.39 is 29.3 Å². The lowest BCUT2D eigenvalue weighted by atomic mass is 10.1. The second kappa shape index (κ2) is 11.2. The number of anilines is 1. The summed E-state index contributed by atoms with van der Waals surface area (Å²) < 4.78 is 22.6. The molecule has 0 radical (unpaired) electrons. The molecule has 2 amide bonds. The number of nitrogens with zero attached hydrogens (tertiary/aromatic N) is 1. The number of likely N-dealkylation sites (N-methyl/N-ethyl adjacent to an activating group) is 1. The van der Waals surface area contributed by atoms with Gasteiger partial charge in [0.2, 0.25) is 0 Å². The third-order valence-electron chi connectivity index (χ3n) is 4.83. The van der Waals surface area contributed by atoms with Gasteiger partial charge in [-0.1, -0.05) is 31.2 Å². The van der Waals surface area contributed by atoms with E-state index in [1.165, 1.54) is 24.3 Å². The predicted molar refractivity (Wildman–Crippen MR) is 123 cm³/mol. The SMILES string of the molecule is CCS(=O)c1ccccc1C(=O)OCC(=O)N(C)c1ccccc1C(=O)NCc1ccco1. The van der Waals surface area contributed by atoms with Crippen LogP contribution in [0.4, 0.5) is 5.69 Å². The number of hydrogen-bond donors (Lipinski definition) is 1. The zero-order chi connectivity index (χ0) is 23.8. The Morgan fingerprint density at radius 3 is 2.39 bits per heavy atom. The first-order valence-electron chi connectivity index (χ1n) is 10.2. The molecule has 33 heavy (non-hydrogen) atoms. The Morgan fingerprint density at radius 2 is 1.70 bits per heavy atom. The van der Waals surface area contributed by atoms with Gasteiger partial charge in [0.15, 0.2) is 6.61 Å². The Morgan fingerprint density at radius 1 is 1.00 bits per heavy atom. The number of nitrogens with one attached hydrogen (secondary N) is 1. The second-order valence-electron chi connectivity index (χ2n) is 6.94. The molecule has 0 saturated carbocycles. The molecule has 0 saturated heterocycles. The van der Waals surface area contributed by atoms with Crippen molar-refractivity contribution in [2.24, 2.45) is 0 Å². The average Bonchev–Trinajstić information content (AvgIpc) is 3.38. The summed E-state index contributed by atoms with van der Waals surface area (Å²) >= 11 is 0. The molecule has 9 heteroatoms. The van der Waals surface area contributed by atoms with Crippen molar-refractivity contribution in [1.82, 2.24) is 5.32 Å². The Bertz CT molecular complexity index is 1160. The molecule has 0 aliphatic rings. The quantitative estimate of drug-likeness (QED) is 0.484. The van der Waals surface area contributed by atoms with E-state index in [1.54, 1.807) is 61.5 Å². The smallest absolute Gasteiger partial charge is 0.339 e. The standard InChI is InChI=1S/C24H24N2O6S/c1-3-33(30)21-13-7-5-11-19(21)24(29)32-16-22(27)26(2)20-12-6-4-10-18(20)23(28)25-15-17-9-8-14-31-17/h4-14H,3,15-16H2,1-2H3,(H,25,28). The topological polar surface area (TPSA) is 106 Å². The number of hydrogen-bond acceptors (Lipinski definition) is 6. The Hall–Kier alpha value is -3.72. The van der Waals surface area contributed by atoms with Crippen LogP contribution in [0.5, 0.6) is 0 Å². The number of carbonyl (C=O) groups is 3. The number of carbonyl (C=O) groups excluding carboxylic acids is 3. The Labute approximate surface area is 194 Å². The predicted octanol–water partition coefficient (Wildman–Crippen LogP) is 3.16. The summed E-state index contributed by atoms with van der Waals surface area (Å²) in [6.45, 7) is 1.41. The van der Waals surface area contributed by atoms with Crippen LogP contribution in [0, 0.1) is 0 Å². The zero-order valence-electron chi connectivity index (χ0n) is 18.3. The van der Waals surface area contributed by atoms with Crippen molar-refractivity contribution < 1.29 is 27.7 Å². The van der Waals surface area contributed by atoms with Gasteiger partial charge in [-0.2, -0.15) is 0 Å². The van der Waals surface area contributed by atoms with Gasteiger partial charge in [-0.3, -0.25) is 13.8 Å². The largest absolute Gasteiger partial charge is 0.467 e. The van der Waals surface area contributed by atoms with E-state index in [4.69, 9.17) is 9.15 Å². The molecule has 172 valence electrons. The number of rotatable bonds is 9. The van der Waals surface area contributed by atoms with Gasteiger partial charge in [0, 0.05) is 12.8 Å². The van der Waals surface area contributed by atoms with Gasteiger partial charge >= 0.3 is 5.97 Å². The van der Waals surface area contributed by atoms with Crippen molar-refractivity contribution in [2.45, 2.75) is 18.4 Å². The van der Waals surface area contributed by atoms with E-state index in [0.717, 1.165) is 0 Å². The summed E-state index contributed by atoms with van der Waals surface area (Å²) in [5.74, 6) is -0.691. The van der Waals surface area contributed by atoms with E-state index in [2.05, 4.69) is 5.32 Å². The van der Waals surface area contributed by atoms with Crippen molar-refractivity contribution in [1.29, 1.82) is 0 Å². The number of amides is 2. The van der Waals surface area contributed by atoms with Gasteiger partial charge in [0.25, 0.3) is 11.8 Å². The van der Waals surface area contributed by atoms with Crippen LogP contribution in [0.1, 0.15) is 33.4 Å². The summed E-state index contributed by atoms with van der Waals surface area (Å²) in [6.07, 6.45) is 1.52. The summed E-state index contributed by atoms with van der Waals surface area (Å²) in [5.41, 5.74) is 0.809. The van der Waals surface area contributed by atoms with Crippen LogP contribution < -0.4 is 10.2 Å². The van der Waals surface area contributed by atoms with Crippen LogP contribution in [0.2, 0.25) is 0 Å². The molecule has 0 spiro atoms. The van der Waals surface area contributed by atoms with E-state index in [1.807, 2.05) is 0 Å². The van der Waals surface area contributed by atoms with Gasteiger partial charge in [0.05, 0.1) is 45.3 Å². The highest BCUT2D eigenvalue weighted by Crippen LogP contribution is 2.20. The Balaban J connectivity index is 1.67. The fourth-order valence-electron chi connectivity index (χ4n) is 3.06. The molecule has 3 aromatic rings. The van der Waals surface area contributed by atoms with Crippen LogP contribution in [0.15, 0.2) is 76.2 Å². The maximum atomic E-state index is 12.7. The zero-order valence-corrected chi connectivity index (χ0v) is 19.1. The van der Waals surface area contributed by atoms with Crippen LogP contribution >= 0.6 is 0 Å². The van der Waals surface area contributed by atoms with Crippen molar-refractivity contribution in [3.05, 3.63) is 83.8 Å². The molecule has 1 N–H and O–H groups in total. The first-order valence-corrected chi connectivity index (χ1v) is 11.5. The lowest BCUT2D eigenvalue weighted by Gasteiger charge is -2.20. The summed E-state index contributed by atoms with van der Waals surface area (Å²) in [4.78, 5) is 39.5. The van der Waals surface area contributed by atoms with Crippen molar-refractivity contribution in [3.63, 3.8) is 0 Å². The van der Waals surface area contributed by atoms with Gasteiger partial charge in [-0.25, -0.2) is 4.79 Å². The maximum absolute atomic E-state index is 12.7. The van der Waals surface area contributed by atoms with Gasteiger partial charge in [-0.15, -0.1) is 0 Å². The lowest BCUT2D eigenvalue weighted by Crippen LogP contribution is -2.33. The number of ether oxygens (including phenoxy) is 1. The van der Waals surface area contributed by atoms with Crippen LogP contribution in [0.3, 0.4) is 0 Å². The molecule has 2 aromatic carbocycles. The molecule has 0 fully saturated rings. The van der Waals surface area contributed by atoms with Crippen LogP contribution in [0.25, 0.3) is 0 Å². The van der Waals surface area contributed by atoms with Gasteiger partial charge in [0.1, 0.15) is 5.76 Å². The summed E-state index contributed by atoms with van der Waals surface area (Å²) in [7, 11) is 0.151. The fourth-order valence-corrected chi connectivity index (χ4v) is 4.00. The molecule has 0 bridgehead atoms. The highest BCUT2D eigenvalue weighted by Gasteiger charge is 2.21. The van der Waals surface area contributed by atoms with Crippen molar-refractivity contribution in [2.75, 3.05) is 24.3 Å². The minimum Gasteiger partial charge on any atom is -0.467 e. The highest BCUT2D eigenvalue weighted by atomic mass is 32.2. The van der Waals surface area contributed by atoms with Gasteiger partial charge in [-0.05, 0) is 36.4 Å². The maximum Gasteiger partial charge on any atom is 0.339 e. The van der Waals surface area contributed by atoms with E-state index >= 15 is 0 Å². The monoisotopic (exact) mass is 468 g/mol. The lowest BCUT2D eigenvalue weighted by molar-refractivity contribution is -0.121. The molecule has 1 aromatic heterocycles. The van der Waals surface area contributed by atoms with E-state index in [0.29, 0.717) is 22.1 Å². The van der Waals surface area contributed by atoms with Crippen molar-refractivity contribution >= 4 is 34.3 Å². The number of para-hydroxylation sites is 1. The molecule has 1 unspecified atom stereocenters. The third kappa shape index (κ3) is 5.95. The molecule has 3 rings (SSSR count). The molecular formula is C24H24N2O6S. The third-order valence-corrected chi connectivity index (χ3v) is 6.20. The Kier molecular flexibility index (Phi) is 8.15. The van der Waals surface area contributed by atoms with Crippen LogP contribution in [-0.4, -0.2) is 41.4 Å². The molecule has 8 nitrogen and oxygen atoms in total. The molecular weight excluding hydrogens is 444 g/mol. The van der Waals surface area contributed by atoms with E-state index in [-0.39, 0.29) is 23.6 Å². The average molecular weight is 469 g/mol. The molecule has 0 aliphatic heterocycles. The fraction of sp³-hybridized carbons (Fsp3) is 0.208. The minimum absolute atomic E-state index is 0.158. The number of benzene rings is 2. The van der Waals surface area contributed by atoms with Crippen LogP contribution in [-0.2, 0) is 26.9 Å². The first kappa shape index (κ1) is 23.9. The van der Waals surface area contributed by atoms with E-state index in [9.17, 15) is 18.6 Å². The molecule has 1 atom stereocenters. The number of furan rings is 1. The summed E-state index contributed by atoms with van der Waals surface area (Å²) in [5, 5.41) is 2.74. The first-order chi connectivity index (χ1) is 15.9. The highest BCUT2D eigenvalue weighted by molar-refractivity contribution is 7.85. The summed E-state index contributed by atoms with van der Waals surface area (Å²) in [6, 6.07) is 16.5. The molecule has 1 heterocycles.